The van der Waals surface area contributed by atoms with Crippen molar-refractivity contribution >= 4 is 33.8 Å². The number of hydrogen-bond donors (Lipinski definition) is 2. The number of rotatable bonds is 5. The summed E-state index contributed by atoms with van der Waals surface area (Å²) in [5.74, 6) is -0.853. The number of fused-ring (bicyclic) bond motifs is 1. The van der Waals surface area contributed by atoms with E-state index in [9.17, 15) is 14.0 Å². The van der Waals surface area contributed by atoms with E-state index >= 15 is 0 Å². The summed E-state index contributed by atoms with van der Waals surface area (Å²) >= 11 is 1.47. The molecule has 6 nitrogen and oxygen atoms in total. The maximum absolute atomic E-state index is 13.9. The number of aryl methyl sites for hydroxylation is 1. The second kappa shape index (κ2) is 7.89. The summed E-state index contributed by atoms with van der Waals surface area (Å²) in [5, 5.41) is 3.46. The minimum Gasteiger partial charge on any atom is -0.367 e. The summed E-state index contributed by atoms with van der Waals surface area (Å²) in [6, 6.07) is 6.75. The van der Waals surface area contributed by atoms with Gasteiger partial charge in [-0.2, -0.15) is 0 Å². The van der Waals surface area contributed by atoms with E-state index < -0.39 is 5.91 Å². The number of primary amides is 1. The van der Waals surface area contributed by atoms with Gasteiger partial charge in [0.05, 0.1) is 17.8 Å². The number of piperazine rings is 1. The SMILES string of the molecule is NC(=O)c1c(NC(=O)CN2CCN(c3ccccc3F)CC2)sc2c1CCC2. The number of carbonyl (C=O) groups is 2. The molecule has 1 fully saturated rings. The number of nitrogens with two attached hydrogens (primary N) is 1. The predicted molar refractivity (Wildman–Crippen MR) is 109 cm³/mol. The number of amides is 2. The van der Waals surface area contributed by atoms with Gasteiger partial charge in [-0.15, -0.1) is 11.3 Å². The van der Waals surface area contributed by atoms with Gasteiger partial charge in [0, 0.05) is 31.1 Å². The van der Waals surface area contributed by atoms with Gasteiger partial charge in [-0.1, -0.05) is 12.1 Å². The minimum absolute atomic E-state index is 0.151. The van der Waals surface area contributed by atoms with E-state index in [4.69, 9.17) is 5.73 Å². The lowest BCUT2D eigenvalue weighted by atomic mass is 10.1. The average Bonchev–Trinajstić information content (AvgIpc) is 3.23. The lowest BCUT2D eigenvalue weighted by Crippen LogP contribution is -2.48. The Morgan fingerprint density at radius 1 is 1.14 bits per heavy atom. The van der Waals surface area contributed by atoms with Gasteiger partial charge in [0.15, 0.2) is 0 Å². The van der Waals surface area contributed by atoms with E-state index in [0.29, 0.717) is 42.4 Å². The maximum atomic E-state index is 13.9. The fourth-order valence-electron chi connectivity index (χ4n) is 3.98. The van der Waals surface area contributed by atoms with Crippen LogP contribution < -0.4 is 16.0 Å². The Kier molecular flexibility index (Phi) is 5.32. The first kappa shape index (κ1) is 18.9. The van der Waals surface area contributed by atoms with Crippen LogP contribution in [0.15, 0.2) is 24.3 Å². The molecule has 148 valence electrons. The number of halogens is 1. The smallest absolute Gasteiger partial charge is 0.251 e. The first-order valence-electron chi connectivity index (χ1n) is 9.49. The number of anilines is 2. The number of para-hydroxylation sites is 1. The molecule has 1 aromatic carbocycles. The van der Waals surface area contributed by atoms with Gasteiger partial charge in [-0.3, -0.25) is 14.5 Å². The highest BCUT2D eigenvalue weighted by atomic mass is 32.1. The first-order valence-corrected chi connectivity index (χ1v) is 10.3. The maximum Gasteiger partial charge on any atom is 0.251 e. The van der Waals surface area contributed by atoms with E-state index in [-0.39, 0.29) is 18.3 Å². The number of nitrogens with one attached hydrogen (secondary N) is 1. The first-order chi connectivity index (χ1) is 13.5. The van der Waals surface area contributed by atoms with Gasteiger partial charge in [0.2, 0.25) is 5.91 Å². The highest BCUT2D eigenvalue weighted by molar-refractivity contribution is 7.17. The summed E-state index contributed by atoms with van der Waals surface area (Å²) < 4.78 is 13.9. The molecular formula is C20H23FN4O2S. The minimum atomic E-state index is -0.479. The van der Waals surface area contributed by atoms with Crippen molar-refractivity contribution < 1.29 is 14.0 Å². The molecule has 0 spiro atoms. The van der Waals surface area contributed by atoms with Crippen LogP contribution in [0.3, 0.4) is 0 Å². The number of thiophene rings is 1. The van der Waals surface area contributed by atoms with Crippen molar-refractivity contribution in [3.8, 4) is 0 Å². The molecule has 2 heterocycles. The summed E-state index contributed by atoms with van der Waals surface area (Å²) in [5.41, 5.74) is 7.63. The van der Waals surface area contributed by atoms with E-state index in [1.54, 1.807) is 12.1 Å². The van der Waals surface area contributed by atoms with Crippen LogP contribution in [-0.4, -0.2) is 49.4 Å². The Hall–Kier alpha value is -2.45. The van der Waals surface area contributed by atoms with E-state index in [1.165, 1.54) is 17.4 Å². The van der Waals surface area contributed by atoms with Crippen molar-refractivity contribution in [3.05, 3.63) is 46.1 Å². The summed E-state index contributed by atoms with van der Waals surface area (Å²) in [6.07, 6.45) is 2.81. The van der Waals surface area contributed by atoms with E-state index in [2.05, 4.69) is 5.32 Å². The van der Waals surface area contributed by atoms with Crippen LogP contribution in [0.1, 0.15) is 27.2 Å². The topological polar surface area (TPSA) is 78.7 Å². The summed E-state index contributed by atoms with van der Waals surface area (Å²) in [7, 11) is 0. The Labute approximate surface area is 167 Å². The van der Waals surface area contributed by atoms with Crippen molar-refractivity contribution in [2.45, 2.75) is 19.3 Å². The molecule has 0 unspecified atom stereocenters. The van der Waals surface area contributed by atoms with Gasteiger partial charge in [0.25, 0.3) is 5.91 Å². The van der Waals surface area contributed by atoms with Crippen molar-refractivity contribution in [3.63, 3.8) is 0 Å². The zero-order valence-corrected chi connectivity index (χ0v) is 16.4. The number of hydrogen-bond acceptors (Lipinski definition) is 5. The third-order valence-corrected chi connectivity index (χ3v) is 6.56. The molecule has 0 bridgehead atoms. The molecule has 0 saturated carbocycles. The number of carbonyl (C=O) groups excluding carboxylic acids is 2. The molecule has 3 N–H and O–H groups in total. The third-order valence-electron chi connectivity index (χ3n) is 5.35. The van der Waals surface area contributed by atoms with Crippen LogP contribution in [0.2, 0.25) is 0 Å². The molecular weight excluding hydrogens is 379 g/mol. The molecule has 1 aromatic heterocycles. The monoisotopic (exact) mass is 402 g/mol. The Bertz CT molecular complexity index is 906. The quantitative estimate of drug-likeness (QED) is 0.804. The second-order valence-electron chi connectivity index (χ2n) is 7.19. The van der Waals surface area contributed by atoms with Crippen LogP contribution in [0.4, 0.5) is 15.1 Å². The Morgan fingerprint density at radius 3 is 2.61 bits per heavy atom. The summed E-state index contributed by atoms with van der Waals surface area (Å²) in [6.45, 7) is 2.91. The third kappa shape index (κ3) is 3.74. The van der Waals surface area contributed by atoms with Gasteiger partial charge >= 0.3 is 0 Å². The Balaban J connectivity index is 1.35. The zero-order valence-electron chi connectivity index (χ0n) is 15.5. The largest absolute Gasteiger partial charge is 0.367 e. The molecule has 1 aliphatic heterocycles. The molecule has 1 aliphatic carbocycles. The molecule has 4 rings (SSSR count). The number of nitrogens with zero attached hydrogens (tertiary/aromatic N) is 2. The van der Waals surface area contributed by atoms with Crippen molar-refractivity contribution in [2.75, 3.05) is 42.9 Å². The molecule has 28 heavy (non-hydrogen) atoms. The van der Waals surface area contributed by atoms with Crippen molar-refractivity contribution in [1.82, 2.24) is 4.90 Å². The Morgan fingerprint density at radius 2 is 1.89 bits per heavy atom. The summed E-state index contributed by atoms with van der Waals surface area (Å²) in [4.78, 5) is 29.6. The molecule has 2 amide bonds. The van der Waals surface area contributed by atoms with Crippen LogP contribution in [0.5, 0.6) is 0 Å². The van der Waals surface area contributed by atoms with Crippen LogP contribution in [0, 0.1) is 5.82 Å². The van der Waals surface area contributed by atoms with Crippen molar-refractivity contribution in [1.29, 1.82) is 0 Å². The zero-order chi connectivity index (χ0) is 19.7. The standard InChI is InChI=1S/C20H23FN4O2S/c21-14-5-1-2-6-15(14)25-10-8-24(9-11-25)12-17(26)23-20-18(19(22)27)13-4-3-7-16(13)28-20/h1-2,5-6H,3-4,7-12H2,(H2,22,27)(H,23,26). The van der Waals surface area contributed by atoms with Gasteiger partial charge < -0.3 is 16.0 Å². The number of benzene rings is 1. The fraction of sp³-hybridized carbons (Fsp3) is 0.400. The predicted octanol–water partition coefficient (Wildman–Crippen LogP) is 2.24. The normalized spacial score (nSPS) is 16.8. The van der Waals surface area contributed by atoms with Crippen LogP contribution in [-0.2, 0) is 17.6 Å². The van der Waals surface area contributed by atoms with Crippen molar-refractivity contribution in [2.24, 2.45) is 5.73 Å². The van der Waals surface area contributed by atoms with E-state index in [1.807, 2.05) is 15.9 Å². The highest BCUT2D eigenvalue weighted by Gasteiger charge is 2.27. The molecule has 0 radical (unpaired) electrons. The van der Waals surface area contributed by atoms with Gasteiger partial charge in [-0.05, 0) is 37.0 Å². The van der Waals surface area contributed by atoms with Gasteiger partial charge in [-0.25, -0.2) is 4.39 Å². The molecule has 2 aromatic rings. The molecule has 0 atom stereocenters. The second-order valence-corrected chi connectivity index (χ2v) is 8.29. The highest BCUT2D eigenvalue weighted by Crippen LogP contribution is 2.38. The lowest BCUT2D eigenvalue weighted by molar-refractivity contribution is -0.117. The molecule has 2 aliphatic rings. The molecule has 1 saturated heterocycles. The average molecular weight is 402 g/mol. The van der Waals surface area contributed by atoms with Crippen LogP contribution in [0.25, 0.3) is 0 Å². The van der Waals surface area contributed by atoms with E-state index in [0.717, 1.165) is 29.7 Å². The van der Waals surface area contributed by atoms with Crippen LogP contribution >= 0.6 is 11.3 Å². The fourth-order valence-corrected chi connectivity index (χ4v) is 5.29. The molecule has 8 heteroatoms. The lowest BCUT2D eigenvalue weighted by Gasteiger charge is -2.35. The van der Waals surface area contributed by atoms with Gasteiger partial charge in [0.1, 0.15) is 10.8 Å².